The van der Waals surface area contributed by atoms with Crippen LogP contribution in [0.1, 0.15) is 27.0 Å². The lowest BCUT2D eigenvalue weighted by atomic mass is 10.1. The minimum Gasteiger partial charge on any atom is -0.457 e. The number of nitro benzene ring substituents is 1. The molecule has 0 atom stereocenters. The molecule has 0 bridgehead atoms. The van der Waals surface area contributed by atoms with E-state index in [-0.39, 0.29) is 28.3 Å². The first-order valence-electron chi connectivity index (χ1n) is 9.47. The molecule has 0 N–H and O–H groups in total. The number of carbonyl (C=O) groups is 1. The van der Waals surface area contributed by atoms with Gasteiger partial charge in [-0.15, -0.1) is 0 Å². The van der Waals surface area contributed by atoms with Crippen LogP contribution in [0, 0.1) is 27.3 Å². The van der Waals surface area contributed by atoms with Gasteiger partial charge in [0.05, 0.1) is 44.8 Å². The molecule has 4 rings (SSSR count). The maximum atomic E-state index is 14.6. The highest BCUT2D eigenvalue weighted by atomic mass is 32.2. The number of ether oxygens (including phenoxy) is 1. The van der Waals surface area contributed by atoms with Crippen LogP contribution in [-0.2, 0) is 27.9 Å². The Balaban J connectivity index is 1.91. The van der Waals surface area contributed by atoms with E-state index in [0.717, 1.165) is 28.6 Å². The fraction of sp³-hybridized carbons (Fsp3) is 0.0909. The van der Waals surface area contributed by atoms with Crippen molar-refractivity contribution >= 4 is 27.4 Å². The average Bonchev–Trinajstić information content (AvgIpc) is 3.18. The molecule has 0 aromatic heterocycles. The van der Waals surface area contributed by atoms with Crippen molar-refractivity contribution in [2.75, 3.05) is 4.31 Å². The number of anilines is 1. The molecule has 3 aromatic carbocycles. The van der Waals surface area contributed by atoms with Crippen LogP contribution < -0.4 is 4.31 Å². The van der Waals surface area contributed by atoms with Gasteiger partial charge in [-0.05, 0) is 36.4 Å². The number of halogens is 1. The average molecular weight is 467 g/mol. The molecule has 0 spiro atoms. The molecule has 0 unspecified atom stereocenters. The van der Waals surface area contributed by atoms with Gasteiger partial charge in [0, 0.05) is 11.6 Å². The van der Waals surface area contributed by atoms with E-state index < -0.39 is 44.5 Å². The van der Waals surface area contributed by atoms with Crippen LogP contribution in [0.5, 0.6) is 0 Å². The predicted octanol–water partition coefficient (Wildman–Crippen LogP) is 3.67. The summed E-state index contributed by atoms with van der Waals surface area (Å²) in [6.07, 6.45) is 0. The molecule has 166 valence electrons. The number of sulfonamides is 1. The van der Waals surface area contributed by atoms with Crippen LogP contribution in [0.2, 0.25) is 0 Å². The minimum absolute atomic E-state index is 0.0208. The zero-order valence-corrected chi connectivity index (χ0v) is 17.6. The Morgan fingerprint density at radius 1 is 1.15 bits per heavy atom. The molecule has 0 fully saturated rings. The summed E-state index contributed by atoms with van der Waals surface area (Å²) in [5.74, 6) is -1.61. The van der Waals surface area contributed by atoms with Crippen LogP contribution in [0.15, 0.2) is 65.6 Å². The van der Waals surface area contributed by atoms with Crippen LogP contribution in [-0.4, -0.2) is 19.3 Å². The zero-order chi connectivity index (χ0) is 23.8. The van der Waals surface area contributed by atoms with E-state index >= 15 is 0 Å². The topological polar surface area (TPSA) is 131 Å². The molecule has 1 heterocycles. The van der Waals surface area contributed by atoms with E-state index in [9.17, 15) is 27.7 Å². The summed E-state index contributed by atoms with van der Waals surface area (Å²) in [5, 5.41) is 20.6. The van der Waals surface area contributed by atoms with Crippen molar-refractivity contribution in [3.05, 3.63) is 98.8 Å². The van der Waals surface area contributed by atoms with Gasteiger partial charge < -0.3 is 4.74 Å². The van der Waals surface area contributed by atoms with E-state index in [1.165, 1.54) is 36.4 Å². The highest BCUT2D eigenvalue weighted by Crippen LogP contribution is 2.33. The summed E-state index contributed by atoms with van der Waals surface area (Å²) in [5.41, 5.74) is -0.309. The number of rotatable bonds is 6. The van der Waals surface area contributed by atoms with Gasteiger partial charge in [-0.1, -0.05) is 18.2 Å². The number of cyclic esters (lactones) is 1. The fourth-order valence-corrected chi connectivity index (χ4v) is 4.91. The van der Waals surface area contributed by atoms with Crippen LogP contribution in [0.25, 0.3) is 0 Å². The number of carbonyl (C=O) groups excluding carboxylic acids is 1. The van der Waals surface area contributed by atoms with Crippen molar-refractivity contribution < 1.29 is 27.3 Å². The second kappa shape index (κ2) is 8.33. The zero-order valence-electron chi connectivity index (χ0n) is 16.8. The summed E-state index contributed by atoms with van der Waals surface area (Å²) < 4.78 is 47.5. The summed E-state index contributed by atoms with van der Waals surface area (Å²) in [6, 6.07) is 14.4. The Hall–Kier alpha value is -4.30. The second-order valence-corrected chi connectivity index (χ2v) is 8.93. The van der Waals surface area contributed by atoms with Crippen molar-refractivity contribution in [2.24, 2.45) is 0 Å². The van der Waals surface area contributed by atoms with Crippen molar-refractivity contribution in [1.82, 2.24) is 0 Å². The summed E-state index contributed by atoms with van der Waals surface area (Å²) in [7, 11) is -4.44. The maximum absolute atomic E-state index is 14.6. The fourth-order valence-electron chi connectivity index (χ4n) is 3.44. The molecular weight excluding hydrogens is 453 g/mol. The third kappa shape index (κ3) is 3.99. The second-order valence-electron chi connectivity index (χ2n) is 7.06. The van der Waals surface area contributed by atoms with E-state index in [4.69, 9.17) is 10.00 Å². The Morgan fingerprint density at radius 3 is 2.64 bits per heavy atom. The Bertz CT molecular complexity index is 1450. The van der Waals surface area contributed by atoms with Gasteiger partial charge in [0.2, 0.25) is 0 Å². The number of fused-ring (bicyclic) bond motifs is 1. The summed E-state index contributed by atoms with van der Waals surface area (Å²) >= 11 is 0. The number of esters is 1. The molecule has 3 aromatic rings. The number of nitro groups is 1. The van der Waals surface area contributed by atoms with E-state index in [2.05, 4.69) is 0 Å². The number of nitrogens with zero attached hydrogens (tertiary/aromatic N) is 3. The smallest absolute Gasteiger partial charge is 0.338 e. The molecule has 0 radical (unpaired) electrons. The lowest BCUT2D eigenvalue weighted by Crippen LogP contribution is -2.31. The SMILES string of the molecule is N#Cc1cccc(S(=O)(=O)N(Cc2c(F)cccc2[N+](=O)[O-])c2ccc3c(c2)C(=O)OC3)c1. The highest BCUT2D eigenvalue weighted by Gasteiger charge is 2.31. The first kappa shape index (κ1) is 21.9. The third-order valence-electron chi connectivity index (χ3n) is 5.10. The molecule has 11 heteroatoms. The maximum Gasteiger partial charge on any atom is 0.338 e. The van der Waals surface area contributed by atoms with Gasteiger partial charge in [0.1, 0.15) is 12.4 Å². The van der Waals surface area contributed by atoms with Crippen molar-refractivity contribution in [3.63, 3.8) is 0 Å². The van der Waals surface area contributed by atoms with Crippen molar-refractivity contribution in [3.8, 4) is 6.07 Å². The molecule has 1 aliphatic heterocycles. The van der Waals surface area contributed by atoms with Crippen LogP contribution in [0.3, 0.4) is 0 Å². The van der Waals surface area contributed by atoms with Gasteiger partial charge in [0.25, 0.3) is 15.7 Å². The van der Waals surface area contributed by atoms with Crippen LogP contribution >= 0.6 is 0 Å². The molecule has 33 heavy (non-hydrogen) atoms. The molecule has 1 aliphatic rings. The molecule has 9 nitrogen and oxygen atoms in total. The minimum atomic E-state index is -4.44. The Labute approximate surface area is 187 Å². The largest absolute Gasteiger partial charge is 0.457 e. The van der Waals surface area contributed by atoms with E-state index in [0.29, 0.717) is 5.56 Å². The number of hydrogen-bond donors (Lipinski definition) is 0. The Kier molecular flexibility index (Phi) is 5.53. The summed E-state index contributed by atoms with van der Waals surface area (Å²) in [4.78, 5) is 22.4. The van der Waals surface area contributed by atoms with Crippen molar-refractivity contribution in [2.45, 2.75) is 18.0 Å². The quantitative estimate of drug-likeness (QED) is 0.307. The lowest BCUT2D eigenvalue weighted by Gasteiger charge is -2.25. The summed E-state index contributed by atoms with van der Waals surface area (Å²) in [6.45, 7) is -0.694. The van der Waals surface area contributed by atoms with Gasteiger partial charge in [-0.25, -0.2) is 17.6 Å². The van der Waals surface area contributed by atoms with Gasteiger partial charge >= 0.3 is 5.97 Å². The molecule has 0 amide bonds. The molecule has 0 aliphatic carbocycles. The first-order valence-corrected chi connectivity index (χ1v) is 10.9. The van der Waals surface area contributed by atoms with Gasteiger partial charge in [-0.2, -0.15) is 5.26 Å². The van der Waals surface area contributed by atoms with Crippen molar-refractivity contribution in [1.29, 1.82) is 5.26 Å². The predicted molar refractivity (Wildman–Crippen MR) is 113 cm³/mol. The first-order chi connectivity index (χ1) is 15.7. The van der Waals surface area contributed by atoms with E-state index in [1.54, 1.807) is 0 Å². The highest BCUT2D eigenvalue weighted by molar-refractivity contribution is 7.92. The number of benzene rings is 3. The lowest BCUT2D eigenvalue weighted by molar-refractivity contribution is -0.385. The molecular formula is C22H14FN3O6S. The Morgan fingerprint density at radius 2 is 1.91 bits per heavy atom. The van der Waals surface area contributed by atoms with Gasteiger partial charge in [0.15, 0.2) is 0 Å². The van der Waals surface area contributed by atoms with Crippen LogP contribution in [0.4, 0.5) is 15.8 Å². The number of nitriles is 1. The van der Waals surface area contributed by atoms with E-state index in [1.807, 2.05) is 6.07 Å². The normalized spacial score (nSPS) is 12.5. The number of hydrogen-bond acceptors (Lipinski definition) is 7. The standard InChI is InChI=1S/C22H14FN3O6S/c23-20-5-2-6-21(26(28)29)19(20)12-25(16-8-7-15-13-32-22(27)18(15)10-16)33(30,31)17-4-1-3-14(9-17)11-24/h1-10H,12-13H2. The molecule has 0 saturated carbocycles. The molecule has 0 saturated heterocycles. The third-order valence-corrected chi connectivity index (χ3v) is 6.87. The monoisotopic (exact) mass is 467 g/mol. The van der Waals surface area contributed by atoms with Gasteiger partial charge in [-0.3, -0.25) is 14.4 Å².